The van der Waals surface area contributed by atoms with Crippen LogP contribution in [0.3, 0.4) is 0 Å². The van der Waals surface area contributed by atoms with E-state index in [0.717, 1.165) is 17.1 Å². The quantitative estimate of drug-likeness (QED) is 0.546. The van der Waals surface area contributed by atoms with Crippen LogP contribution in [0.2, 0.25) is 0 Å². The molecule has 0 N–H and O–H groups in total. The number of rotatable bonds is 3. The first-order valence-electron chi connectivity index (χ1n) is 9.74. The molecule has 0 radical (unpaired) electrons. The van der Waals surface area contributed by atoms with Gasteiger partial charge in [-0.25, -0.2) is 9.67 Å². The summed E-state index contributed by atoms with van der Waals surface area (Å²) in [7, 11) is 1.74. The fraction of sp³-hybridized carbons (Fsp3) is 0.474. The second-order valence-electron chi connectivity index (χ2n) is 8.12. The summed E-state index contributed by atoms with van der Waals surface area (Å²) < 4.78 is 4.27. The number of thiazole rings is 1. The predicted molar refractivity (Wildman–Crippen MR) is 109 cm³/mol. The van der Waals surface area contributed by atoms with E-state index in [1.165, 1.54) is 20.6 Å². The lowest BCUT2D eigenvalue weighted by Crippen LogP contribution is -2.43. The second kappa shape index (κ2) is 6.73. The largest absolute Gasteiger partial charge is 0.337 e. The molecule has 11 heteroatoms. The van der Waals surface area contributed by atoms with Gasteiger partial charge in [0, 0.05) is 50.1 Å². The molecule has 0 unspecified atom stereocenters. The normalized spacial score (nSPS) is 20.3. The Morgan fingerprint density at radius 3 is 2.80 bits per heavy atom. The minimum atomic E-state index is -0.637. The average Bonchev–Trinajstić information content (AvgIpc) is 3.48. The number of amides is 1. The molecule has 5 rings (SSSR count). The fourth-order valence-corrected chi connectivity index (χ4v) is 5.08. The van der Waals surface area contributed by atoms with Gasteiger partial charge < -0.3 is 4.90 Å². The van der Waals surface area contributed by atoms with Gasteiger partial charge >= 0.3 is 11.1 Å². The number of carbonyl (C=O) groups excluding carboxylic acids is 1. The van der Waals surface area contributed by atoms with E-state index >= 15 is 0 Å². The van der Waals surface area contributed by atoms with E-state index < -0.39 is 11.1 Å². The number of nitrogens with zero attached hydrogens (tertiary/aromatic N) is 7. The first kappa shape index (κ1) is 18.9. The van der Waals surface area contributed by atoms with Gasteiger partial charge in [-0.15, -0.1) is 11.3 Å². The third-order valence-electron chi connectivity index (χ3n) is 5.98. The maximum Gasteiger partial charge on any atom is 0.332 e. The molecule has 1 spiro atoms. The number of hydrogen-bond donors (Lipinski definition) is 0. The van der Waals surface area contributed by atoms with E-state index in [2.05, 4.69) is 15.2 Å². The van der Waals surface area contributed by atoms with E-state index in [9.17, 15) is 14.4 Å². The standard InChI is InChI=1S/C19H21N7O3S/c1-12-21-13(9-30-12)8-26-18(29)17(28)25-11-19(7-15(25)22-26)4-6-24(10-19)16(27)14-3-5-20-23(14)2/h3,5,9H,4,6-8,10-11H2,1-2H3/t19-/m0/s1. The molecule has 1 amide bonds. The Morgan fingerprint density at radius 1 is 1.27 bits per heavy atom. The van der Waals surface area contributed by atoms with Crippen LogP contribution < -0.4 is 11.1 Å². The first-order chi connectivity index (χ1) is 14.3. The van der Waals surface area contributed by atoms with Gasteiger partial charge in [0.05, 0.1) is 17.2 Å². The van der Waals surface area contributed by atoms with Crippen molar-refractivity contribution in [1.29, 1.82) is 0 Å². The van der Waals surface area contributed by atoms with Crippen molar-refractivity contribution in [3.63, 3.8) is 0 Å². The molecule has 0 bridgehead atoms. The molecular formula is C19H21N7O3S. The van der Waals surface area contributed by atoms with E-state index in [-0.39, 0.29) is 17.9 Å². The molecule has 1 fully saturated rings. The Hall–Kier alpha value is -3.08. The molecule has 3 aromatic rings. The predicted octanol–water partition coefficient (Wildman–Crippen LogP) is 0.0403. The van der Waals surface area contributed by atoms with E-state index in [0.29, 0.717) is 37.6 Å². The summed E-state index contributed by atoms with van der Waals surface area (Å²) in [6.07, 6.45) is 2.93. The van der Waals surface area contributed by atoms with Crippen LogP contribution in [0.25, 0.3) is 0 Å². The number of hydrogen-bond acceptors (Lipinski definition) is 7. The molecular weight excluding hydrogens is 406 g/mol. The second-order valence-corrected chi connectivity index (χ2v) is 9.18. The highest BCUT2D eigenvalue weighted by Gasteiger charge is 2.46. The van der Waals surface area contributed by atoms with Gasteiger partial charge in [-0.3, -0.25) is 23.6 Å². The van der Waals surface area contributed by atoms with E-state index in [4.69, 9.17) is 0 Å². The van der Waals surface area contributed by atoms with Gasteiger partial charge in [-0.05, 0) is 19.4 Å². The lowest BCUT2D eigenvalue weighted by Gasteiger charge is -2.22. The van der Waals surface area contributed by atoms with Crippen molar-refractivity contribution in [3.05, 3.63) is 60.6 Å². The molecule has 0 aromatic carbocycles. The lowest BCUT2D eigenvalue weighted by molar-refractivity contribution is 0.0761. The van der Waals surface area contributed by atoms with E-state index in [1.54, 1.807) is 28.9 Å². The third-order valence-corrected chi connectivity index (χ3v) is 6.80. The van der Waals surface area contributed by atoms with Crippen LogP contribution in [0.15, 0.2) is 27.2 Å². The van der Waals surface area contributed by atoms with Gasteiger partial charge in [0.25, 0.3) is 5.91 Å². The molecule has 30 heavy (non-hydrogen) atoms. The topological polar surface area (TPSA) is 108 Å². The first-order valence-corrected chi connectivity index (χ1v) is 10.6. The number of fused-ring (bicyclic) bond motifs is 1. The number of carbonyl (C=O) groups is 1. The highest BCUT2D eigenvalue weighted by molar-refractivity contribution is 7.09. The van der Waals surface area contributed by atoms with Crippen LogP contribution in [0.1, 0.15) is 33.4 Å². The zero-order chi connectivity index (χ0) is 21.0. The zero-order valence-corrected chi connectivity index (χ0v) is 17.6. The van der Waals surface area contributed by atoms with Crippen molar-refractivity contribution in [3.8, 4) is 0 Å². The van der Waals surface area contributed by atoms with Crippen molar-refractivity contribution < 1.29 is 4.79 Å². The van der Waals surface area contributed by atoms with Crippen molar-refractivity contribution in [2.75, 3.05) is 13.1 Å². The summed E-state index contributed by atoms with van der Waals surface area (Å²) in [4.78, 5) is 44.3. The van der Waals surface area contributed by atoms with Crippen LogP contribution in [-0.2, 0) is 26.6 Å². The molecule has 1 atom stereocenters. The maximum atomic E-state index is 12.8. The van der Waals surface area contributed by atoms with Crippen molar-refractivity contribution in [2.24, 2.45) is 12.5 Å². The van der Waals surface area contributed by atoms with Gasteiger partial charge in [-0.1, -0.05) is 0 Å². The van der Waals surface area contributed by atoms with Crippen molar-refractivity contribution >= 4 is 17.2 Å². The molecule has 5 heterocycles. The van der Waals surface area contributed by atoms with Gasteiger partial charge in [-0.2, -0.15) is 10.2 Å². The molecule has 0 saturated carbocycles. The molecule has 156 valence electrons. The number of aromatic nitrogens is 6. The Balaban J connectivity index is 1.40. The summed E-state index contributed by atoms with van der Waals surface area (Å²) >= 11 is 1.50. The Morgan fingerprint density at radius 2 is 2.10 bits per heavy atom. The summed E-state index contributed by atoms with van der Waals surface area (Å²) in [6.45, 7) is 3.62. The molecule has 2 aliphatic rings. The Bertz CT molecular complexity index is 1270. The fourth-order valence-electron chi connectivity index (χ4n) is 4.47. The monoisotopic (exact) mass is 427 g/mol. The van der Waals surface area contributed by atoms with Crippen LogP contribution >= 0.6 is 11.3 Å². The smallest absolute Gasteiger partial charge is 0.332 e. The van der Waals surface area contributed by atoms with Gasteiger partial charge in [0.2, 0.25) is 0 Å². The Kier molecular flexibility index (Phi) is 4.24. The van der Waals surface area contributed by atoms with Crippen LogP contribution in [0, 0.1) is 12.3 Å². The highest BCUT2D eigenvalue weighted by Crippen LogP contribution is 2.39. The summed E-state index contributed by atoms with van der Waals surface area (Å²) in [5, 5.41) is 11.3. The molecule has 3 aromatic heterocycles. The number of aryl methyl sites for hydroxylation is 2. The average molecular weight is 427 g/mol. The molecule has 1 saturated heterocycles. The van der Waals surface area contributed by atoms with Crippen LogP contribution in [0.4, 0.5) is 0 Å². The molecule has 0 aliphatic carbocycles. The molecule has 2 aliphatic heterocycles. The lowest BCUT2D eigenvalue weighted by atomic mass is 9.86. The summed E-state index contributed by atoms with van der Waals surface area (Å²) in [5.41, 5.74) is -0.201. The zero-order valence-electron chi connectivity index (χ0n) is 16.7. The SMILES string of the molecule is Cc1nc(Cn2nc3n(c(=O)c2=O)C[C@@]2(CCN(C(=O)c4ccnn4C)C2)C3)cs1. The summed E-state index contributed by atoms with van der Waals surface area (Å²) in [5.74, 6) is 0.531. The van der Waals surface area contributed by atoms with E-state index in [1.807, 2.05) is 12.3 Å². The number of likely N-dealkylation sites (tertiary alicyclic amines) is 1. The van der Waals surface area contributed by atoms with Crippen LogP contribution in [-0.4, -0.2) is 53.0 Å². The molecule has 10 nitrogen and oxygen atoms in total. The third kappa shape index (κ3) is 3.00. The maximum absolute atomic E-state index is 12.8. The highest BCUT2D eigenvalue weighted by atomic mass is 32.1. The van der Waals surface area contributed by atoms with Crippen LogP contribution in [0.5, 0.6) is 0 Å². The van der Waals surface area contributed by atoms with Crippen molar-refractivity contribution in [2.45, 2.75) is 32.9 Å². The summed E-state index contributed by atoms with van der Waals surface area (Å²) in [6, 6.07) is 1.70. The van der Waals surface area contributed by atoms with Gasteiger partial charge in [0.15, 0.2) is 0 Å². The Labute approximate surface area is 175 Å². The minimum absolute atomic E-state index is 0.0679. The minimum Gasteiger partial charge on any atom is -0.337 e. The van der Waals surface area contributed by atoms with Crippen molar-refractivity contribution in [1.82, 2.24) is 34.0 Å². The van der Waals surface area contributed by atoms with Gasteiger partial charge in [0.1, 0.15) is 11.5 Å².